The summed E-state index contributed by atoms with van der Waals surface area (Å²) in [6.45, 7) is 9.94. The second kappa shape index (κ2) is 7.18. The van der Waals surface area contributed by atoms with Gasteiger partial charge in [0, 0.05) is 18.3 Å². The van der Waals surface area contributed by atoms with Gasteiger partial charge in [-0.05, 0) is 80.6 Å². The fourth-order valence-electron chi connectivity index (χ4n) is 7.49. The molecule has 0 bridgehead atoms. The van der Waals surface area contributed by atoms with Crippen LogP contribution in [0.1, 0.15) is 71.6 Å². The van der Waals surface area contributed by atoms with Gasteiger partial charge in [0.2, 0.25) is 0 Å². The molecule has 4 aliphatic carbocycles. The van der Waals surface area contributed by atoms with E-state index in [2.05, 4.69) is 20.4 Å². The van der Waals surface area contributed by atoms with Gasteiger partial charge in [0.15, 0.2) is 0 Å². The van der Waals surface area contributed by atoms with Crippen molar-refractivity contribution < 1.29 is 9.35 Å². The molecule has 8 atom stereocenters. The van der Waals surface area contributed by atoms with Crippen LogP contribution in [0, 0.1) is 34.5 Å². The predicted molar refractivity (Wildman–Crippen MR) is 112 cm³/mol. The first-order valence-corrected chi connectivity index (χ1v) is 12.5. The zero-order valence-corrected chi connectivity index (χ0v) is 18.0. The molecule has 0 aromatic carbocycles. The van der Waals surface area contributed by atoms with E-state index >= 15 is 0 Å². The Morgan fingerprint density at radius 2 is 2.00 bits per heavy atom. The number of hydrogen-bond donors (Lipinski definition) is 1. The van der Waals surface area contributed by atoms with Crippen molar-refractivity contribution >= 4 is 17.0 Å². The van der Waals surface area contributed by atoms with Crippen molar-refractivity contribution in [1.29, 1.82) is 0 Å². The minimum absolute atomic E-state index is 0.0891. The minimum Gasteiger partial charge on any atom is -0.616 e. The number of fused-ring (bicyclic) bond motifs is 5. The van der Waals surface area contributed by atoms with Crippen molar-refractivity contribution in [2.24, 2.45) is 40.2 Å². The zero-order chi connectivity index (χ0) is 19.4. The highest BCUT2D eigenvalue weighted by Gasteiger charge is 2.61. The molecule has 4 rings (SSSR count). The lowest BCUT2D eigenvalue weighted by Crippen LogP contribution is -2.55. The van der Waals surface area contributed by atoms with Gasteiger partial charge < -0.3 is 10.3 Å². The molecule has 0 radical (unpaired) electrons. The van der Waals surface area contributed by atoms with E-state index in [1.54, 1.807) is 0 Å². The topological polar surface area (TPSA) is 66.2 Å². The highest BCUT2D eigenvalue weighted by atomic mass is 32.2. The van der Waals surface area contributed by atoms with Crippen LogP contribution in [0.15, 0.2) is 12.2 Å². The van der Waals surface area contributed by atoms with Crippen LogP contribution in [0.5, 0.6) is 0 Å². The molecule has 0 amide bonds. The average Bonchev–Trinajstić information content (AvgIpc) is 2.95. The Hall–Kier alpha value is -0.320. The van der Waals surface area contributed by atoms with Crippen LogP contribution in [0.3, 0.4) is 0 Å². The van der Waals surface area contributed by atoms with E-state index in [-0.39, 0.29) is 5.41 Å². The van der Waals surface area contributed by atoms with Gasteiger partial charge in [-0.15, -0.1) is 0 Å². The molecule has 27 heavy (non-hydrogen) atoms. The summed E-state index contributed by atoms with van der Waals surface area (Å²) in [6, 6.07) is 0. The maximum absolute atomic E-state index is 12.7. The van der Waals surface area contributed by atoms with Gasteiger partial charge in [-0.3, -0.25) is 4.79 Å². The third-order valence-electron chi connectivity index (χ3n) is 9.21. The van der Waals surface area contributed by atoms with Crippen LogP contribution in [-0.2, 0) is 16.0 Å². The monoisotopic (exact) mass is 391 g/mol. The quantitative estimate of drug-likeness (QED) is 0.576. The smallest absolute Gasteiger partial charge is 0.139 e. The molecule has 0 aromatic rings. The molecule has 4 saturated carbocycles. The second-order valence-corrected chi connectivity index (χ2v) is 12.2. The van der Waals surface area contributed by atoms with Crippen LogP contribution in [0.4, 0.5) is 0 Å². The van der Waals surface area contributed by atoms with Crippen molar-refractivity contribution in [3.63, 3.8) is 0 Å². The fourth-order valence-corrected chi connectivity index (χ4v) is 9.10. The molecular formula is C23H37NO2S. The van der Waals surface area contributed by atoms with E-state index in [1.807, 2.05) is 0 Å². The first-order valence-electron chi connectivity index (χ1n) is 11.1. The Kier molecular flexibility index (Phi) is 5.31. The number of Topliss-reactive ketones (excluding diaryl/α,β-unsaturated/α-hetero) is 1. The van der Waals surface area contributed by atoms with Gasteiger partial charge in [0.05, 0.1) is 0 Å². The van der Waals surface area contributed by atoms with Crippen molar-refractivity contribution in [3.05, 3.63) is 12.2 Å². The summed E-state index contributed by atoms with van der Waals surface area (Å²) >= 11 is -0.731. The maximum atomic E-state index is 12.7. The lowest BCUT2D eigenvalue weighted by Gasteiger charge is -2.60. The van der Waals surface area contributed by atoms with E-state index in [4.69, 9.17) is 5.73 Å². The highest BCUT2D eigenvalue weighted by molar-refractivity contribution is 7.92. The molecule has 4 aliphatic rings. The number of nitrogens with two attached hydrogens (primary N) is 1. The molecule has 0 saturated heterocycles. The fraction of sp³-hybridized carbons (Fsp3) is 0.870. The van der Waals surface area contributed by atoms with Gasteiger partial charge >= 0.3 is 0 Å². The van der Waals surface area contributed by atoms with Gasteiger partial charge in [0.1, 0.15) is 16.8 Å². The number of carbonyl (C=O) groups excluding carboxylic acids is 1. The third kappa shape index (κ3) is 3.05. The van der Waals surface area contributed by atoms with Gasteiger partial charge in [-0.1, -0.05) is 37.2 Å². The number of hydrogen-bond acceptors (Lipinski definition) is 3. The minimum atomic E-state index is -0.731. The van der Waals surface area contributed by atoms with E-state index in [9.17, 15) is 9.35 Å². The summed E-state index contributed by atoms with van der Waals surface area (Å²) in [4.78, 5) is 12.6. The summed E-state index contributed by atoms with van der Waals surface area (Å²) < 4.78 is 12.7. The van der Waals surface area contributed by atoms with Crippen LogP contribution in [-0.4, -0.2) is 27.9 Å². The highest BCUT2D eigenvalue weighted by Crippen LogP contribution is 2.66. The molecule has 2 N–H and O–H groups in total. The lowest BCUT2D eigenvalue weighted by atomic mass is 9.44. The van der Waals surface area contributed by atoms with Gasteiger partial charge in [-0.25, -0.2) is 0 Å². The number of carbonyl (C=O) groups is 1. The average molecular weight is 392 g/mol. The summed E-state index contributed by atoms with van der Waals surface area (Å²) in [7, 11) is 0. The summed E-state index contributed by atoms with van der Waals surface area (Å²) in [5.41, 5.74) is 7.27. The molecule has 152 valence electrons. The molecule has 4 fully saturated rings. The van der Waals surface area contributed by atoms with Gasteiger partial charge in [-0.2, -0.15) is 0 Å². The predicted octanol–water partition coefficient (Wildman–Crippen LogP) is 4.23. The molecule has 4 heteroatoms. The molecule has 0 heterocycles. The summed E-state index contributed by atoms with van der Waals surface area (Å²) in [6.07, 6.45) is 9.44. The standard InChI is InChI=1S/C23H37NO2S/c1-15-13-16-14-17(27(26)12-4-11-24)7-9-22(16,2)19-8-10-23(3)18(21(15)19)5-6-20(23)25/h16-19,21H,1,4-14,24H2,2-3H3/t16?,17?,18-,19+,21-,22-,23-,27?/m0/s1. The molecule has 0 aliphatic heterocycles. The van der Waals surface area contributed by atoms with E-state index in [1.165, 1.54) is 18.4 Å². The Labute approximate surface area is 168 Å². The van der Waals surface area contributed by atoms with Crippen LogP contribution in [0.2, 0.25) is 0 Å². The van der Waals surface area contributed by atoms with Crippen LogP contribution < -0.4 is 5.73 Å². The van der Waals surface area contributed by atoms with E-state index in [0.29, 0.717) is 46.7 Å². The largest absolute Gasteiger partial charge is 0.616 e. The Morgan fingerprint density at radius 3 is 2.74 bits per heavy atom. The maximum Gasteiger partial charge on any atom is 0.139 e. The first kappa shape index (κ1) is 20.0. The second-order valence-electron chi connectivity index (χ2n) is 10.3. The molecule has 0 spiro atoms. The van der Waals surface area contributed by atoms with Crippen molar-refractivity contribution in [2.45, 2.75) is 76.9 Å². The summed E-state index contributed by atoms with van der Waals surface area (Å²) in [5, 5.41) is 0.348. The first-order chi connectivity index (χ1) is 12.8. The van der Waals surface area contributed by atoms with Crippen LogP contribution in [0.25, 0.3) is 0 Å². The SMILES string of the molecule is C=C1CC2CC([S+]([O-])CCCN)CC[C@]2(C)[C@@H]2CC[C@]3(C)C(=O)CC[C@H]3[C@H]12. The van der Waals surface area contributed by atoms with Crippen molar-refractivity contribution in [3.8, 4) is 0 Å². The van der Waals surface area contributed by atoms with E-state index < -0.39 is 11.2 Å². The number of ketones is 1. The van der Waals surface area contributed by atoms with Crippen LogP contribution >= 0.6 is 0 Å². The molecule has 3 unspecified atom stereocenters. The Morgan fingerprint density at radius 1 is 1.22 bits per heavy atom. The number of allylic oxidation sites excluding steroid dienone is 1. The van der Waals surface area contributed by atoms with Crippen molar-refractivity contribution in [1.82, 2.24) is 0 Å². The van der Waals surface area contributed by atoms with Crippen molar-refractivity contribution in [2.75, 3.05) is 12.3 Å². The molecule has 0 aromatic heterocycles. The summed E-state index contributed by atoms with van der Waals surface area (Å²) in [5.74, 6) is 3.62. The molecule has 3 nitrogen and oxygen atoms in total. The third-order valence-corrected chi connectivity index (χ3v) is 11.1. The Balaban J connectivity index is 1.54. The lowest BCUT2D eigenvalue weighted by molar-refractivity contribution is -0.134. The van der Waals surface area contributed by atoms with Gasteiger partial charge in [0.25, 0.3) is 0 Å². The zero-order valence-electron chi connectivity index (χ0n) is 17.2. The Bertz CT molecular complexity index is 621. The normalized spacial score (nSPS) is 47.9. The van der Waals surface area contributed by atoms with E-state index in [0.717, 1.165) is 50.7 Å². The molecular weight excluding hydrogens is 354 g/mol. The number of rotatable bonds is 4.